The molecule has 0 radical (unpaired) electrons. The van der Waals surface area contributed by atoms with Gasteiger partial charge in [-0.1, -0.05) is 0 Å². The summed E-state index contributed by atoms with van der Waals surface area (Å²) in [4.78, 5) is 39.2. The highest BCUT2D eigenvalue weighted by atomic mass is 19.2. The number of hydrogen-bond acceptors (Lipinski definition) is 4. The summed E-state index contributed by atoms with van der Waals surface area (Å²) in [7, 11) is 0. The third-order valence-electron chi connectivity index (χ3n) is 5.82. The summed E-state index contributed by atoms with van der Waals surface area (Å²) in [6, 6.07) is 0.420. The molecular weight excluding hydrogens is 434 g/mol. The van der Waals surface area contributed by atoms with E-state index in [1.807, 2.05) is 0 Å². The third kappa shape index (κ3) is 3.71. The molecule has 2 aliphatic heterocycles. The molecular formula is C21H19F4N3O4. The number of aromatic hydroxyl groups is 1. The predicted octanol–water partition coefficient (Wildman–Crippen LogP) is 2.42. The van der Waals surface area contributed by atoms with Gasteiger partial charge in [0.25, 0.3) is 11.8 Å². The molecule has 2 aromatic rings. The number of hydrogen-bond donors (Lipinski definition) is 2. The van der Waals surface area contributed by atoms with Crippen molar-refractivity contribution in [3.05, 3.63) is 62.8 Å². The molecule has 0 spiro atoms. The van der Waals surface area contributed by atoms with Gasteiger partial charge in [-0.2, -0.15) is 0 Å². The number of pyridine rings is 1. The number of rotatable bonds is 3. The van der Waals surface area contributed by atoms with Crippen molar-refractivity contribution in [2.45, 2.75) is 38.0 Å². The largest absolute Gasteiger partial charge is 0.503 e. The number of amides is 2. The molecule has 2 atom stereocenters. The van der Waals surface area contributed by atoms with Crippen LogP contribution in [0, 0.1) is 17.5 Å². The normalized spacial score (nSPS) is 22.3. The van der Waals surface area contributed by atoms with Gasteiger partial charge in [-0.05, 0) is 19.8 Å². The minimum absolute atomic E-state index is 0.123. The van der Waals surface area contributed by atoms with Crippen LogP contribution in [0.5, 0.6) is 5.75 Å². The maximum Gasteiger partial charge on any atom is 0.274 e. The van der Waals surface area contributed by atoms with Crippen LogP contribution in [0.2, 0.25) is 0 Å². The zero-order valence-corrected chi connectivity index (χ0v) is 16.9. The Hall–Kier alpha value is -3.37. The van der Waals surface area contributed by atoms with Crippen molar-refractivity contribution in [2.24, 2.45) is 0 Å². The van der Waals surface area contributed by atoms with E-state index in [2.05, 4.69) is 5.32 Å². The molecule has 0 unspecified atom stereocenters. The Morgan fingerprint density at radius 2 is 1.91 bits per heavy atom. The van der Waals surface area contributed by atoms with Crippen LogP contribution in [0.25, 0.3) is 0 Å². The summed E-state index contributed by atoms with van der Waals surface area (Å²) >= 11 is 0. The number of carbonyl (C=O) groups excluding carboxylic acids is 2. The molecule has 2 N–H and O–H groups in total. The van der Waals surface area contributed by atoms with Gasteiger partial charge in [0.05, 0.1) is 12.6 Å². The van der Waals surface area contributed by atoms with Crippen LogP contribution in [0.15, 0.2) is 23.1 Å². The second kappa shape index (κ2) is 7.64. The van der Waals surface area contributed by atoms with Crippen molar-refractivity contribution in [3.63, 3.8) is 0 Å². The van der Waals surface area contributed by atoms with Crippen molar-refractivity contribution in [3.8, 4) is 5.75 Å². The number of fused-ring (bicyclic) bond motifs is 4. The maximum absolute atomic E-state index is 14.6. The first-order valence-corrected chi connectivity index (χ1v) is 9.86. The molecule has 2 aliphatic rings. The van der Waals surface area contributed by atoms with Gasteiger partial charge in [0, 0.05) is 37.0 Å². The van der Waals surface area contributed by atoms with Gasteiger partial charge < -0.3 is 19.9 Å². The average molecular weight is 453 g/mol. The van der Waals surface area contributed by atoms with Gasteiger partial charge >= 0.3 is 0 Å². The fourth-order valence-corrected chi connectivity index (χ4v) is 4.17. The first-order chi connectivity index (χ1) is 15.0. The van der Waals surface area contributed by atoms with E-state index in [9.17, 15) is 37.1 Å². The number of aromatic nitrogens is 1. The van der Waals surface area contributed by atoms with Crippen LogP contribution in [0.1, 0.15) is 52.2 Å². The number of halogens is 4. The van der Waals surface area contributed by atoms with E-state index in [1.54, 1.807) is 0 Å². The summed E-state index contributed by atoms with van der Waals surface area (Å²) in [5.41, 5.74) is -4.30. The highest BCUT2D eigenvalue weighted by Gasteiger charge is 2.42. The molecule has 0 saturated carbocycles. The van der Waals surface area contributed by atoms with Crippen LogP contribution >= 0.6 is 0 Å². The molecule has 7 nitrogen and oxygen atoms in total. The van der Waals surface area contributed by atoms with Crippen LogP contribution < -0.4 is 10.7 Å². The summed E-state index contributed by atoms with van der Waals surface area (Å²) < 4.78 is 56.6. The lowest BCUT2D eigenvalue weighted by molar-refractivity contribution is 0.0570. The zero-order valence-electron chi connectivity index (χ0n) is 16.9. The van der Waals surface area contributed by atoms with Crippen LogP contribution in [-0.2, 0) is 6.54 Å². The minimum Gasteiger partial charge on any atom is -0.503 e. The number of carbonyl (C=O) groups is 2. The fourth-order valence-electron chi connectivity index (χ4n) is 4.17. The molecule has 11 heteroatoms. The Balaban J connectivity index is 1.67. The molecule has 2 bridgehead atoms. The summed E-state index contributed by atoms with van der Waals surface area (Å²) in [6.07, 6.45) is 1.50. The quantitative estimate of drug-likeness (QED) is 0.699. The summed E-state index contributed by atoms with van der Waals surface area (Å²) in [5.74, 6) is -6.30. The topological polar surface area (TPSA) is 91.6 Å². The molecule has 1 saturated heterocycles. The van der Waals surface area contributed by atoms with Gasteiger partial charge in [-0.15, -0.1) is 0 Å². The average Bonchev–Trinajstić information content (AvgIpc) is 2.84. The first-order valence-electron chi connectivity index (χ1n) is 9.86. The smallest absolute Gasteiger partial charge is 0.274 e. The van der Waals surface area contributed by atoms with Crippen LogP contribution in [0.3, 0.4) is 0 Å². The molecule has 32 heavy (non-hydrogen) atoms. The van der Waals surface area contributed by atoms with E-state index >= 15 is 0 Å². The summed E-state index contributed by atoms with van der Waals surface area (Å²) in [6.45, 7) is 0.630. The minimum atomic E-state index is -1.65. The Morgan fingerprint density at radius 3 is 2.56 bits per heavy atom. The molecule has 170 valence electrons. The van der Waals surface area contributed by atoms with E-state index < -0.39 is 69.8 Å². The SMILES string of the molecule is C[C@@]1(F)CC[C@H]2CN(C1)C(=O)c1c(O)c(=O)c(C(=O)NCc3c(F)cc(F)cc3F)cn12. The van der Waals surface area contributed by atoms with Crippen LogP contribution in [-0.4, -0.2) is 45.1 Å². The van der Waals surface area contributed by atoms with E-state index in [0.717, 1.165) is 6.20 Å². The first kappa shape index (κ1) is 21.8. The van der Waals surface area contributed by atoms with Gasteiger partial charge in [-0.25, -0.2) is 17.6 Å². The fraction of sp³-hybridized carbons (Fsp3) is 0.381. The van der Waals surface area contributed by atoms with Crippen molar-refractivity contribution >= 4 is 11.8 Å². The Kier molecular flexibility index (Phi) is 5.22. The van der Waals surface area contributed by atoms with Crippen LogP contribution in [0.4, 0.5) is 17.6 Å². The Bertz CT molecular complexity index is 1170. The number of alkyl halides is 1. The van der Waals surface area contributed by atoms with Gasteiger partial charge in [-0.3, -0.25) is 14.4 Å². The maximum atomic E-state index is 14.6. The van der Waals surface area contributed by atoms with Crippen molar-refractivity contribution in [1.29, 1.82) is 0 Å². The van der Waals surface area contributed by atoms with Gasteiger partial charge in [0.1, 0.15) is 28.7 Å². The number of benzene rings is 1. The second-order valence-corrected chi connectivity index (χ2v) is 8.30. The Morgan fingerprint density at radius 1 is 1.25 bits per heavy atom. The standard InChI is InChI=1S/C21H19F4N3O4/c1-21(25)3-2-11-7-27(9-21)20(32)16-18(30)17(29)13(8-28(11)16)19(31)26-6-12-14(23)4-10(22)5-15(12)24/h4-5,8,11,30H,2-3,6-7,9H2,1H3,(H,26,31)/t11-,21+/m0/s1. The highest BCUT2D eigenvalue weighted by molar-refractivity contribution is 5.99. The van der Waals surface area contributed by atoms with E-state index in [-0.39, 0.29) is 25.2 Å². The van der Waals surface area contributed by atoms with Gasteiger partial charge in [0.2, 0.25) is 5.43 Å². The molecule has 3 heterocycles. The monoisotopic (exact) mass is 453 g/mol. The third-order valence-corrected chi connectivity index (χ3v) is 5.82. The second-order valence-electron chi connectivity index (χ2n) is 8.30. The molecule has 1 aromatic carbocycles. The number of nitrogens with zero attached hydrogens (tertiary/aromatic N) is 2. The van der Waals surface area contributed by atoms with Crippen molar-refractivity contribution < 1.29 is 32.3 Å². The number of nitrogens with one attached hydrogen (secondary N) is 1. The molecule has 4 rings (SSSR count). The lowest BCUT2D eigenvalue weighted by atomic mass is 10.0. The lowest BCUT2D eigenvalue weighted by Crippen LogP contribution is -2.47. The van der Waals surface area contributed by atoms with E-state index in [1.165, 1.54) is 16.4 Å². The lowest BCUT2D eigenvalue weighted by Gasteiger charge is -2.35. The predicted molar refractivity (Wildman–Crippen MR) is 104 cm³/mol. The molecule has 0 aliphatic carbocycles. The van der Waals surface area contributed by atoms with Crippen molar-refractivity contribution in [2.75, 3.05) is 13.1 Å². The molecule has 1 aromatic heterocycles. The molecule has 2 amide bonds. The highest BCUT2D eigenvalue weighted by Crippen LogP contribution is 2.36. The zero-order chi connectivity index (χ0) is 23.4. The molecule has 1 fully saturated rings. The van der Waals surface area contributed by atoms with Crippen molar-refractivity contribution in [1.82, 2.24) is 14.8 Å². The summed E-state index contributed by atoms with van der Waals surface area (Å²) in [5, 5.41) is 12.6. The van der Waals surface area contributed by atoms with E-state index in [0.29, 0.717) is 18.6 Å². The van der Waals surface area contributed by atoms with E-state index in [4.69, 9.17) is 0 Å². The van der Waals surface area contributed by atoms with Gasteiger partial charge in [0.15, 0.2) is 11.4 Å². The Labute approximate surface area is 179 Å².